The summed E-state index contributed by atoms with van der Waals surface area (Å²) in [6.45, 7) is 1.70. The quantitative estimate of drug-likeness (QED) is 0.880. The summed E-state index contributed by atoms with van der Waals surface area (Å²) in [5, 5.41) is 8.79. The molecule has 0 amide bonds. The van der Waals surface area contributed by atoms with E-state index in [9.17, 15) is 4.79 Å². The number of oxazole rings is 1. The zero-order valence-corrected chi connectivity index (χ0v) is 9.43. The van der Waals surface area contributed by atoms with Gasteiger partial charge in [0.05, 0.1) is 12.8 Å². The van der Waals surface area contributed by atoms with E-state index in [0.717, 1.165) is 5.56 Å². The Hall–Kier alpha value is -2.30. The molecule has 0 saturated heterocycles. The van der Waals surface area contributed by atoms with E-state index in [4.69, 9.17) is 14.3 Å². The molecule has 2 rings (SSSR count). The lowest BCUT2D eigenvalue weighted by Crippen LogP contribution is -1.95. The van der Waals surface area contributed by atoms with Gasteiger partial charge in [0.25, 0.3) is 0 Å². The molecule has 0 bridgehead atoms. The number of hydrogen-bond donors (Lipinski definition) is 1. The predicted molar refractivity (Wildman–Crippen MR) is 60.2 cm³/mol. The van der Waals surface area contributed by atoms with Gasteiger partial charge < -0.3 is 14.3 Å². The average molecular weight is 233 g/mol. The Morgan fingerprint density at radius 2 is 2.24 bits per heavy atom. The Balaban J connectivity index is 2.48. The summed E-state index contributed by atoms with van der Waals surface area (Å²) in [4.78, 5) is 14.6. The van der Waals surface area contributed by atoms with Crippen LogP contribution in [0.1, 0.15) is 16.4 Å². The molecule has 0 saturated carbocycles. The van der Waals surface area contributed by atoms with E-state index >= 15 is 0 Å². The smallest absolute Gasteiger partial charge is 0.392 e. The molecule has 0 aliphatic rings. The zero-order valence-electron chi connectivity index (χ0n) is 9.43. The molecule has 1 N–H and O–H groups in total. The molecule has 0 radical (unpaired) electrons. The summed E-state index contributed by atoms with van der Waals surface area (Å²) in [5.74, 6) is -0.362. The second kappa shape index (κ2) is 4.29. The van der Waals surface area contributed by atoms with E-state index in [1.165, 1.54) is 0 Å². The number of aromatic carboxylic acids is 1. The van der Waals surface area contributed by atoms with Crippen molar-refractivity contribution in [3.05, 3.63) is 35.9 Å². The molecular formula is C12H11NO4. The van der Waals surface area contributed by atoms with Gasteiger partial charge in [0, 0.05) is 5.56 Å². The molecule has 5 heteroatoms. The van der Waals surface area contributed by atoms with Crippen molar-refractivity contribution in [2.45, 2.75) is 6.92 Å². The zero-order chi connectivity index (χ0) is 12.4. The van der Waals surface area contributed by atoms with E-state index in [-0.39, 0.29) is 5.89 Å². The van der Waals surface area contributed by atoms with Crippen LogP contribution in [0.5, 0.6) is 5.75 Å². The Kier molecular flexibility index (Phi) is 2.82. The van der Waals surface area contributed by atoms with E-state index in [1.807, 2.05) is 6.07 Å². The Bertz CT molecular complexity index is 559. The van der Waals surface area contributed by atoms with Gasteiger partial charge in [-0.1, -0.05) is 12.1 Å². The van der Waals surface area contributed by atoms with Crippen LogP contribution in [0.25, 0.3) is 11.3 Å². The van der Waals surface area contributed by atoms with E-state index in [0.29, 0.717) is 17.2 Å². The Morgan fingerprint density at radius 3 is 2.82 bits per heavy atom. The van der Waals surface area contributed by atoms with Crippen LogP contribution in [0, 0.1) is 6.92 Å². The topological polar surface area (TPSA) is 72.6 Å². The van der Waals surface area contributed by atoms with E-state index in [1.54, 1.807) is 32.2 Å². The lowest BCUT2D eigenvalue weighted by molar-refractivity contribution is 0.0654. The summed E-state index contributed by atoms with van der Waals surface area (Å²) in [6, 6.07) is 7.17. The van der Waals surface area contributed by atoms with Gasteiger partial charge in [-0.25, -0.2) is 9.78 Å². The van der Waals surface area contributed by atoms with Crippen molar-refractivity contribution in [2.75, 3.05) is 7.11 Å². The molecule has 2 aromatic rings. The summed E-state index contributed by atoms with van der Waals surface area (Å²) in [6.07, 6.45) is 0. The lowest BCUT2D eigenvalue weighted by atomic mass is 10.1. The predicted octanol–water partition coefficient (Wildman–Crippen LogP) is 2.36. The number of nitrogens with zero attached hydrogens (tertiary/aromatic N) is 1. The molecule has 1 aromatic heterocycles. The number of carbonyl (C=O) groups is 1. The van der Waals surface area contributed by atoms with Gasteiger partial charge in [0.15, 0.2) is 5.76 Å². The fraction of sp³-hybridized carbons (Fsp3) is 0.167. The summed E-state index contributed by atoms with van der Waals surface area (Å²) in [5.41, 5.74) is 1.28. The number of methoxy groups -OCH3 is 1. The number of aromatic nitrogens is 1. The molecule has 0 aliphatic heterocycles. The van der Waals surface area contributed by atoms with Crippen molar-refractivity contribution in [1.82, 2.24) is 4.98 Å². The van der Waals surface area contributed by atoms with Crippen LogP contribution < -0.4 is 4.74 Å². The molecule has 0 spiro atoms. The molecule has 0 fully saturated rings. The highest BCUT2D eigenvalue weighted by Crippen LogP contribution is 2.27. The van der Waals surface area contributed by atoms with Gasteiger partial charge >= 0.3 is 11.9 Å². The maximum atomic E-state index is 10.7. The van der Waals surface area contributed by atoms with Crippen LogP contribution in [0.2, 0.25) is 0 Å². The summed E-state index contributed by atoms with van der Waals surface area (Å²) >= 11 is 0. The van der Waals surface area contributed by atoms with Crippen LogP contribution in [-0.4, -0.2) is 23.2 Å². The second-order valence-corrected chi connectivity index (χ2v) is 3.47. The van der Waals surface area contributed by atoms with Gasteiger partial charge in [0.1, 0.15) is 5.75 Å². The number of ether oxygens (including phenoxy) is 1. The molecule has 1 heterocycles. The van der Waals surface area contributed by atoms with E-state index < -0.39 is 5.97 Å². The number of carboxylic acids is 1. The molecule has 88 valence electrons. The second-order valence-electron chi connectivity index (χ2n) is 3.47. The monoisotopic (exact) mass is 233 g/mol. The SMILES string of the molecule is COc1cccc(-c2oc(C(=O)O)nc2C)c1. The van der Waals surface area contributed by atoms with Crippen molar-refractivity contribution >= 4 is 5.97 Å². The number of rotatable bonds is 3. The highest BCUT2D eigenvalue weighted by molar-refractivity contribution is 5.83. The summed E-state index contributed by atoms with van der Waals surface area (Å²) in [7, 11) is 1.56. The first kappa shape index (κ1) is 11.2. The van der Waals surface area contributed by atoms with Crippen molar-refractivity contribution < 1.29 is 19.1 Å². The van der Waals surface area contributed by atoms with Crippen molar-refractivity contribution in [3.63, 3.8) is 0 Å². The standard InChI is InChI=1S/C12H11NO4/c1-7-10(17-11(13-7)12(14)15)8-4-3-5-9(6-8)16-2/h3-6H,1-2H3,(H,14,15). The fourth-order valence-corrected chi connectivity index (χ4v) is 1.52. The van der Waals surface area contributed by atoms with Crippen LogP contribution in [-0.2, 0) is 0 Å². The highest BCUT2D eigenvalue weighted by atomic mass is 16.5. The minimum Gasteiger partial charge on any atom is -0.497 e. The molecule has 0 atom stereocenters. The molecule has 0 aliphatic carbocycles. The van der Waals surface area contributed by atoms with Gasteiger partial charge in [-0.3, -0.25) is 0 Å². The summed E-state index contributed by atoms with van der Waals surface area (Å²) < 4.78 is 10.3. The largest absolute Gasteiger partial charge is 0.497 e. The molecular weight excluding hydrogens is 222 g/mol. The Labute approximate surface area is 97.7 Å². The first-order valence-corrected chi connectivity index (χ1v) is 4.97. The van der Waals surface area contributed by atoms with Crippen LogP contribution in [0.3, 0.4) is 0 Å². The first-order valence-electron chi connectivity index (χ1n) is 4.97. The maximum absolute atomic E-state index is 10.7. The minimum absolute atomic E-state index is 0.305. The third-order valence-electron chi connectivity index (χ3n) is 2.31. The molecule has 1 aromatic carbocycles. The van der Waals surface area contributed by atoms with Crippen molar-refractivity contribution in [1.29, 1.82) is 0 Å². The van der Waals surface area contributed by atoms with Crippen LogP contribution >= 0.6 is 0 Å². The Morgan fingerprint density at radius 1 is 1.47 bits per heavy atom. The highest BCUT2D eigenvalue weighted by Gasteiger charge is 2.16. The normalized spacial score (nSPS) is 10.2. The van der Waals surface area contributed by atoms with Gasteiger partial charge in [-0.2, -0.15) is 0 Å². The lowest BCUT2D eigenvalue weighted by Gasteiger charge is -2.01. The fourth-order valence-electron chi connectivity index (χ4n) is 1.52. The van der Waals surface area contributed by atoms with Crippen molar-refractivity contribution in [2.24, 2.45) is 0 Å². The number of benzene rings is 1. The van der Waals surface area contributed by atoms with Gasteiger partial charge in [0.2, 0.25) is 0 Å². The third-order valence-corrected chi connectivity index (χ3v) is 2.31. The van der Waals surface area contributed by atoms with Gasteiger partial charge in [-0.15, -0.1) is 0 Å². The molecule has 17 heavy (non-hydrogen) atoms. The number of hydrogen-bond acceptors (Lipinski definition) is 4. The number of carboxylic acid groups (broad SMARTS) is 1. The minimum atomic E-state index is -1.18. The number of aryl methyl sites for hydroxylation is 1. The maximum Gasteiger partial charge on any atom is 0.392 e. The first-order chi connectivity index (χ1) is 8.11. The average Bonchev–Trinajstić information content (AvgIpc) is 2.72. The third kappa shape index (κ3) is 2.13. The van der Waals surface area contributed by atoms with Crippen LogP contribution in [0.15, 0.2) is 28.7 Å². The van der Waals surface area contributed by atoms with Crippen LogP contribution in [0.4, 0.5) is 0 Å². The molecule has 0 unspecified atom stereocenters. The van der Waals surface area contributed by atoms with Crippen molar-refractivity contribution in [3.8, 4) is 17.1 Å². The molecule has 5 nitrogen and oxygen atoms in total. The van der Waals surface area contributed by atoms with E-state index in [2.05, 4.69) is 4.98 Å². The van der Waals surface area contributed by atoms with Gasteiger partial charge in [-0.05, 0) is 19.1 Å².